The van der Waals surface area contributed by atoms with Crippen molar-refractivity contribution in [3.63, 3.8) is 0 Å². The summed E-state index contributed by atoms with van der Waals surface area (Å²) in [5, 5.41) is 3.03. The van der Waals surface area contributed by atoms with Crippen LogP contribution in [0.1, 0.15) is 37.9 Å². The lowest BCUT2D eigenvalue weighted by Crippen LogP contribution is -2.40. The van der Waals surface area contributed by atoms with Gasteiger partial charge >= 0.3 is 6.09 Å². The molecule has 1 aliphatic heterocycles. The number of hydrogen-bond acceptors (Lipinski definition) is 6. The van der Waals surface area contributed by atoms with E-state index in [1.54, 1.807) is 4.90 Å². The average molecular weight is 293 g/mol. The van der Waals surface area contributed by atoms with Gasteiger partial charge in [0.15, 0.2) is 0 Å². The number of amides is 1. The molecule has 0 unspecified atom stereocenters. The van der Waals surface area contributed by atoms with Crippen molar-refractivity contribution in [1.82, 2.24) is 14.9 Å². The van der Waals surface area contributed by atoms with Crippen molar-refractivity contribution >= 4 is 11.9 Å². The molecule has 0 aromatic carbocycles. The Morgan fingerprint density at radius 2 is 2.14 bits per heavy atom. The molecule has 0 radical (unpaired) electrons. The van der Waals surface area contributed by atoms with Crippen LogP contribution in [0.2, 0.25) is 0 Å². The number of anilines is 1. The summed E-state index contributed by atoms with van der Waals surface area (Å²) in [7, 11) is 0. The fourth-order valence-electron chi connectivity index (χ4n) is 2.26. The minimum absolute atomic E-state index is 0.287. The number of fused-ring (bicyclic) bond motifs is 1. The maximum atomic E-state index is 12.2. The molecule has 1 aliphatic rings. The maximum Gasteiger partial charge on any atom is 0.410 e. The smallest absolute Gasteiger partial charge is 0.410 e. The van der Waals surface area contributed by atoms with Gasteiger partial charge in [0.05, 0.1) is 18.9 Å². The summed E-state index contributed by atoms with van der Waals surface area (Å²) in [4.78, 5) is 22.7. The van der Waals surface area contributed by atoms with E-state index in [9.17, 15) is 4.79 Å². The van der Waals surface area contributed by atoms with E-state index >= 15 is 0 Å². The molecule has 2 rings (SSSR count). The van der Waals surface area contributed by atoms with Crippen molar-refractivity contribution < 1.29 is 9.53 Å². The third-order valence-electron chi connectivity index (χ3n) is 3.09. The van der Waals surface area contributed by atoms with E-state index in [0.717, 1.165) is 11.3 Å². The molecule has 0 fully saturated rings. The van der Waals surface area contributed by atoms with Crippen LogP contribution in [0, 0.1) is 6.92 Å². The highest BCUT2D eigenvalue weighted by Gasteiger charge is 2.28. The van der Waals surface area contributed by atoms with E-state index < -0.39 is 5.60 Å². The highest BCUT2D eigenvalue weighted by molar-refractivity contribution is 5.69. The number of carbonyl (C=O) groups is 1. The number of hydrogen-bond donors (Lipinski definition) is 2. The highest BCUT2D eigenvalue weighted by atomic mass is 16.6. The number of aryl methyl sites for hydroxylation is 1. The number of ether oxygens (including phenoxy) is 1. The first-order valence-corrected chi connectivity index (χ1v) is 7.08. The Kier molecular flexibility index (Phi) is 4.32. The van der Waals surface area contributed by atoms with E-state index in [4.69, 9.17) is 10.5 Å². The quantitative estimate of drug-likeness (QED) is 0.801. The number of aromatic nitrogens is 2. The van der Waals surface area contributed by atoms with Gasteiger partial charge in [-0.3, -0.25) is 0 Å². The van der Waals surface area contributed by atoms with Crippen molar-refractivity contribution in [3.8, 4) is 0 Å². The van der Waals surface area contributed by atoms with E-state index in [1.807, 2.05) is 27.7 Å². The number of carbonyl (C=O) groups excluding carboxylic acids is 1. The lowest BCUT2D eigenvalue weighted by Gasteiger charge is -2.31. The first-order valence-electron chi connectivity index (χ1n) is 7.08. The van der Waals surface area contributed by atoms with E-state index in [-0.39, 0.29) is 12.8 Å². The molecule has 3 N–H and O–H groups in total. The van der Waals surface area contributed by atoms with Gasteiger partial charge in [-0.15, -0.1) is 0 Å². The van der Waals surface area contributed by atoms with Gasteiger partial charge in [0.1, 0.15) is 17.2 Å². The Balaban J connectivity index is 2.21. The highest BCUT2D eigenvalue weighted by Crippen LogP contribution is 2.24. The summed E-state index contributed by atoms with van der Waals surface area (Å²) in [6.07, 6.45) is 0.379. The van der Waals surface area contributed by atoms with Crippen molar-refractivity contribution in [2.45, 2.75) is 46.3 Å². The normalized spacial score (nSPS) is 14.6. The Morgan fingerprint density at radius 3 is 2.76 bits per heavy atom. The average Bonchev–Trinajstić information content (AvgIpc) is 2.36. The van der Waals surface area contributed by atoms with E-state index in [1.165, 1.54) is 0 Å². The zero-order chi connectivity index (χ0) is 15.6. The Bertz CT molecular complexity index is 539. The molecule has 0 atom stereocenters. The van der Waals surface area contributed by atoms with Crippen LogP contribution in [0.3, 0.4) is 0 Å². The summed E-state index contributed by atoms with van der Waals surface area (Å²) < 4.78 is 5.42. The minimum atomic E-state index is -0.501. The summed E-state index contributed by atoms with van der Waals surface area (Å²) >= 11 is 0. The maximum absolute atomic E-state index is 12.2. The van der Waals surface area contributed by atoms with Gasteiger partial charge in [0.25, 0.3) is 0 Å². The van der Waals surface area contributed by atoms with Crippen molar-refractivity contribution in [3.05, 3.63) is 17.1 Å². The minimum Gasteiger partial charge on any atom is -0.444 e. The third kappa shape index (κ3) is 3.81. The summed E-state index contributed by atoms with van der Waals surface area (Å²) in [5.41, 5.74) is 6.93. The molecular formula is C14H23N5O2. The topological polar surface area (TPSA) is 93.4 Å². The van der Waals surface area contributed by atoms with Gasteiger partial charge in [-0.2, -0.15) is 0 Å². The van der Waals surface area contributed by atoms with Gasteiger partial charge in [0, 0.05) is 18.5 Å². The predicted octanol–water partition coefficient (Wildman–Crippen LogP) is 1.41. The molecule has 1 amide bonds. The second-order valence-corrected chi connectivity index (χ2v) is 6.08. The monoisotopic (exact) mass is 293 g/mol. The number of nitrogens with two attached hydrogens (primary N) is 1. The van der Waals surface area contributed by atoms with E-state index in [2.05, 4.69) is 15.3 Å². The predicted molar refractivity (Wildman–Crippen MR) is 79.8 cm³/mol. The van der Waals surface area contributed by atoms with E-state index in [0.29, 0.717) is 31.2 Å². The fourth-order valence-corrected chi connectivity index (χ4v) is 2.26. The second-order valence-electron chi connectivity index (χ2n) is 6.08. The van der Waals surface area contributed by atoms with Gasteiger partial charge in [-0.25, -0.2) is 14.8 Å². The van der Waals surface area contributed by atoms with Crippen molar-refractivity contribution in [2.24, 2.45) is 5.73 Å². The van der Waals surface area contributed by atoms with Crippen LogP contribution < -0.4 is 11.1 Å². The fraction of sp³-hybridized carbons (Fsp3) is 0.643. The lowest BCUT2D eigenvalue weighted by atomic mass is 10.1. The third-order valence-corrected chi connectivity index (χ3v) is 3.09. The summed E-state index contributed by atoms with van der Waals surface area (Å²) in [6.45, 7) is 8.74. The summed E-state index contributed by atoms with van der Waals surface area (Å²) in [5.74, 6) is 1.41. The van der Waals surface area contributed by atoms with Crippen molar-refractivity contribution in [1.29, 1.82) is 0 Å². The molecule has 21 heavy (non-hydrogen) atoms. The largest absolute Gasteiger partial charge is 0.444 e. The first-order chi connectivity index (χ1) is 9.80. The van der Waals surface area contributed by atoms with Gasteiger partial charge in [-0.05, 0) is 27.7 Å². The van der Waals surface area contributed by atoms with Crippen LogP contribution in [0.25, 0.3) is 0 Å². The molecule has 7 nitrogen and oxygen atoms in total. The molecule has 2 heterocycles. The SMILES string of the molecule is Cc1nc2c(c(NCN)n1)CN(C(=O)OC(C)(C)C)CC2. The van der Waals surface area contributed by atoms with Crippen LogP contribution >= 0.6 is 0 Å². The van der Waals surface area contributed by atoms with Crippen molar-refractivity contribution in [2.75, 3.05) is 18.5 Å². The van der Waals surface area contributed by atoms with Crippen LogP contribution in [0.4, 0.5) is 10.6 Å². The van der Waals surface area contributed by atoms with Gasteiger partial charge in [-0.1, -0.05) is 0 Å². The van der Waals surface area contributed by atoms with Gasteiger partial charge < -0.3 is 20.7 Å². The van der Waals surface area contributed by atoms with Crippen LogP contribution in [-0.4, -0.2) is 39.8 Å². The van der Waals surface area contributed by atoms with Crippen LogP contribution in [0.5, 0.6) is 0 Å². The molecule has 0 spiro atoms. The molecule has 0 bridgehead atoms. The molecule has 116 valence electrons. The molecule has 0 aliphatic carbocycles. The van der Waals surface area contributed by atoms with Crippen LogP contribution in [-0.2, 0) is 17.7 Å². The van der Waals surface area contributed by atoms with Crippen LogP contribution in [0.15, 0.2) is 0 Å². The molecular weight excluding hydrogens is 270 g/mol. The molecule has 1 aromatic heterocycles. The molecule has 0 saturated heterocycles. The standard InChI is InChI=1S/C14H23N5O2/c1-9-17-11-5-6-19(13(20)21-14(2,3)4)7-10(11)12(18-9)16-8-15/h5-8,15H2,1-4H3,(H,16,17,18). The molecule has 7 heteroatoms. The van der Waals surface area contributed by atoms with Gasteiger partial charge in [0.2, 0.25) is 0 Å². The Morgan fingerprint density at radius 1 is 1.43 bits per heavy atom. The Hall–Kier alpha value is -1.89. The summed E-state index contributed by atoms with van der Waals surface area (Å²) in [6, 6.07) is 0. The zero-order valence-electron chi connectivity index (χ0n) is 13.1. The molecule has 1 aromatic rings. The first kappa shape index (κ1) is 15.5. The zero-order valence-corrected chi connectivity index (χ0v) is 13.1. The number of nitrogens with zero attached hydrogens (tertiary/aromatic N) is 3. The second kappa shape index (κ2) is 5.85. The Labute approximate surface area is 124 Å². The number of nitrogens with one attached hydrogen (secondary N) is 1. The lowest BCUT2D eigenvalue weighted by molar-refractivity contribution is 0.0223. The number of rotatable bonds is 2. The molecule has 0 saturated carbocycles.